The van der Waals surface area contributed by atoms with Crippen LogP contribution in [0.1, 0.15) is 46.0 Å². The number of rotatable bonds is 7. The number of unbranched alkanes of at least 4 members (excludes halogenated alkanes) is 1. The van der Waals surface area contributed by atoms with Gasteiger partial charge in [0.05, 0.1) is 0 Å². The molecule has 1 aliphatic rings. The van der Waals surface area contributed by atoms with Crippen molar-refractivity contribution in [3.63, 3.8) is 0 Å². The van der Waals surface area contributed by atoms with Crippen molar-refractivity contribution in [3.8, 4) is 0 Å². The SMILES string of the molecule is CCCCNc1ccc2c3c(cccc13)C(=O)N(C/C=C/c1ccccc1)C2=O. The quantitative estimate of drug-likeness (QED) is 0.441. The number of nitrogens with one attached hydrogen (secondary N) is 1. The number of hydrogen-bond donors (Lipinski definition) is 1. The molecule has 0 saturated carbocycles. The molecule has 0 fully saturated rings. The van der Waals surface area contributed by atoms with E-state index in [1.165, 1.54) is 4.90 Å². The molecule has 4 nitrogen and oxygen atoms in total. The Balaban J connectivity index is 1.65. The van der Waals surface area contributed by atoms with E-state index < -0.39 is 0 Å². The van der Waals surface area contributed by atoms with E-state index in [4.69, 9.17) is 0 Å². The fraction of sp³-hybridized carbons (Fsp3) is 0.200. The van der Waals surface area contributed by atoms with Crippen molar-refractivity contribution in [2.75, 3.05) is 18.4 Å². The fourth-order valence-electron chi connectivity index (χ4n) is 3.72. The summed E-state index contributed by atoms with van der Waals surface area (Å²) in [6.07, 6.45) is 5.97. The molecule has 0 atom stereocenters. The van der Waals surface area contributed by atoms with Gasteiger partial charge in [0.15, 0.2) is 0 Å². The molecule has 0 spiro atoms. The highest BCUT2D eigenvalue weighted by Gasteiger charge is 2.32. The minimum absolute atomic E-state index is 0.239. The van der Waals surface area contributed by atoms with Crippen molar-refractivity contribution in [2.45, 2.75) is 19.8 Å². The number of hydrogen-bond acceptors (Lipinski definition) is 3. The van der Waals surface area contributed by atoms with Crippen LogP contribution in [0.4, 0.5) is 5.69 Å². The van der Waals surface area contributed by atoms with Crippen LogP contribution < -0.4 is 5.32 Å². The normalized spacial score (nSPS) is 13.5. The molecule has 4 rings (SSSR count). The molecule has 0 saturated heterocycles. The van der Waals surface area contributed by atoms with Gasteiger partial charge in [-0.1, -0.05) is 68.0 Å². The lowest BCUT2D eigenvalue weighted by molar-refractivity contribution is 0.0629. The van der Waals surface area contributed by atoms with Gasteiger partial charge in [0.25, 0.3) is 11.8 Å². The molecule has 0 aliphatic carbocycles. The zero-order valence-corrected chi connectivity index (χ0v) is 16.5. The average Bonchev–Trinajstić information content (AvgIpc) is 2.75. The first-order valence-electron chi connectivity index (χ1n) is 10.1. The monoisotopic (exact) mass is 384 g/mol. The predicted molar refractivity (Wildman–Crippen MR) is 118 cm³/mol. The lowest BCUT2D eigenvalue weighted by Gasteiger charge is -2.27. The molecular weight excluding hydrogens is 360 g/mol. The van der Waals surface area contributed by atoms with Gasteiger partial charge in [-0.25, -0.2) is 0 Å². The highest BCUT2D eigenvalue weighted by molar-refractivity contribution is 6.26. The highest BCUT2D eigenvalue weighted by Crippen LogP contribution is 2.34. The number of carbonyl (C=O) groups is 2. The third-order valence-corrected chi connectivity index (χ3v) is 5.24. The summed E-state index contributed by atoms with van der Waals surface area (Å²) >= 11 is 0. The summed E-state index contributed by atoms with van der Waals surface area (Å²) in [5.74, 6) is -0.479. The Bertz CT molecular complexity index is 1060. The summed E-state index contributed by atoms with van der Waals surface area (Å²) < 4.78 is 0. The van der Waals surface area contributed by atoms with Gasteiger partial charge in [-0.05, 0) is 30.2 Å². The van der Waals surface area contributed by atoms with Crippen LogP contribution in [0.3, 0.4) is 0 Å². The van der Waals surface area contributed by atoms with Gasteiger partial charge >= 0.3 is 0 Å². The lowest BCUT2D eigenvalue weighted by Crippen LogP contribution is -2.40. The lowest BCUT2D eigenvalue weighted by atomic mass is 9.93. The summed E-state index contributed by atoms with van der Waals surface area (Å²) in [4.78, 5) is 27.5. The number of nitrogens with zero attached hydrogens (tertiary/aromatic N) is 1. The second kappa shape index (κ2) is 8.31. The van der Waals surface area contributed by atoms with Crippen molar-refractivity contribution in [1.29, 1.82) is 0 Å². The van der Waals surface area contributed by atoms with E-state index in [1.807, 2.05) is 72.8 Å². The zero-order chi connectivity index (χ0) is 20.2. The van der Waals surface area contributed by atoms with Gasteiger partial charge in [-0.2, -0.15) is 0 Å². The number of anilines is 1. The third kappa shape index (κ3) is 3.66. The molecule has 1 heterocycles. The van der Waals surface area contributed by atoms with E-state index in [0.717, 1.165) is 41.4 Å². The first kappa shape index (κ1) is 18.9. The molecule has 1 aliphatic heterocycles. The van der Waals surface area contributed by atoms with E-state index in [2.05, 4.69) is 12.2 Å². The van der Waals surface area contributed by atoms with Crippen LogP contribution in [0.2, 0.25) is 0 Å². The van der Waals surface area contributed by atoms with Crippen molar-refractivity contribution in [3.05, 3.63) is 83.4 Å². The van der Waals surface area contributed by atoms with Gasteiger partial charge in [0.1, 0.15) is 0 Å². The van der Waals surface area contributed by atoms with Crippen LogP contribution in [0.15, 0.2) is 66.7 Å². The van der Waals surface area contributed by atoms with Gasteiger partial charge in [0, 0.05) is 40.7 Å². The van der Waals surface area contributed by atoms with Gasteiger partial charge < -0.3 is 5.32 Å². The number of amides is 2. The largest absolute Gasteiger partial charge is 0.385 e. The first-order chi connectivity index (χ1) is 14.2. The van der Waals surface area contributed by atoms with Crippen molar-refractivity contribution < 1.29 is 9.59 Å². The molecule has 2 amide bonds. The Labute approximate surface area is 170 Å². The van der Waals surface area contributed by atoms with E-state index in [0.29, 0.717) is 11.1 Å². The Kier molecular flexibility index (Phi) is 5.43. The smallest absolute Gasteiger partial charge is 0.261 e. The van der Waals surface area contributed by atoms with E-state index in [1.54, 1.807) is 0 Å². The summed E-state index contributed by atoms with van der Waals surface area (Å²) in [6, 6.07) is 19.3. The van der Waals surface area contributed by atoms with Crippen LogP contribution in [0.5, 0.6) is 0 Å². The van der Waals surface area contributed by atoms with Crippen LogP contribution in [0, 0.1) is 0 Å². The van der Waals surface area contributed by atoms with Crippen LogP contribution in [0.25, 0.3) is 16.8 Å². The van der Waals surface area contributed by atoms with Crippen molar-refractivity contribution >= 4 is 34.4 Å². The molecule has 4 heteroatoms. The summed E-state index contributed by atoms with van der Waals surface area (Å²) in [5, 5.41) is 5.12. The molecule has 0 bridgehead atoms. The van der Waals surface area contributed by atoms with Gasteiger partial charge in [0.2, 0.25) is 0 Å². The van der Waals surface area contributed by atoms with Crippen molar-refractivity contribution in [1.82, 2.24) is 4.90 Å². The molecule has 3 aromatic rings. The Morgan fingerprint density at radius 3 is 2.41 bits per heavy atom. The van der Waals surface area contributed by atoms with Crippen LogP contribution in [-0.2, 0) is 0 Å². The number of benzene rings is 3. The van der Waals surface area contributed by atoms with E-state index in [9.17, 15) is 9.59 Å². The maximum absolute atomic E-state index is 13.1. The first-order valence-corrected chi connectivity index (χ1v) is 10.1. The van der Waals surface area contributed by atoms with Crippen molar-refractivity contribution in [2.24, 2.45) is 0 Å². The molecular formula is C25H24N2O2. The Morgan fingerprint density at radius 2 is 1.66 bits per heavy atom. The minimum Gasteiger partial charge on any atom is -0.385 e. The molecule has 146 valence electrons. The molecule has 0 aromatic heterocycles. The molecule has 29 heavy (non-hydrogen) atoms. The zero-order valence-electron chi connectivity index (χ0n) is 16.5. The molecule has 1 N–H and O–H groups in total. The van der Waals surface area contributed by atoms with E-state index in [-0.39, 0.29) is 18.4 Å². The Morgan fingerprint density at radius 1 is 0.897 bits per heavy atom. The van der Waals surface area contributed by atoms with E-state index >= 15 is 0 Å². The molecule has 3 aromatic carbocycles. The van der Waals surface area contributed by atoms with Gasteiger partial charge in [-0.3, -0.25) is 14.5 Å². The summed E-state index contributed by atoms with van der Waals surface area (Å²) in [5.41, 5.74) is 3.18. The maximum atomic E-state index is 13.1. The fourth-order valence-corrected chi connectivity index (χ4v) is 3.72. The Hall–Kier alpha value is -3.40. The maximum Gasteiger partial charge on any atom is 0.261 e. The molecule has 0 unspecified atom stereocenters. The summed E-state index contributed by atoms with van der Waals surface area (Å²) in [6.45, 7) is 3.27. The standard InChI is InChI=1S/C25H24N2O2/c1-2-3-16-26-22-15-14-21-23-19(22)12-7-13-20(23)24(28)27(25(21)29)17-8-11-18-9-5-4-6-10-18/h4-15,26H,2-3,16-17H2,1H3/b11-8+. The minimum atomic E-state index is -0.239. The third-order valence-electron chi connectivity index (χ3n) is 5.24. The van der Waals surface area contributed by atoms with Gasteiger partial charge in [-0.15, -0.1) is 0 Å². The van der Waals surface area contributed by atoms with Crippen LogP contribution in [-0.4, -0.2) is 29.8 Å². The summed E-state index contributed by atoms with van der Waals surface area (Å²) in [7, 11) is 0. The number of imide groups is 1. The topological polar surface area (TPSA) is 49.4 Å². The number of carbonyl (C=O) groups excluding carboxylic acids is 2. The van der Waals surface area contributed by atoms with Crippen LogP contribution >= 0.6 is 0 Å². The second-order valence-corrected chi connectivity index (χ2v) is 7.20. The second-order valence-electron chi connectivity index (χ2n) is 7.20. The average molecular weight is 384 g/mol. The molecule has 0 radical (unpaired) electrons. The highest BCUT2D eigenvalue weighted by atomic mass is 16.2. The predicted octanol–water partition coefficient (Wildman–Crippen LogP) is 5.36.